The summed E-state index contributed by atoms with van der Waals surface area (Å²) in [7, 11) is 0. The maximum absolute atomic E-state index is 12.3. The van der Waals surface area contributed by atoms with Crippen LogP contribution in [0.25, 0.3) is 0 Å². The molecule has 0 unspecified atom stereocenters. The van der Waals surface area contributed by atoms with Gasteiger partial charge in [-0.3, -0.25) is 14.5 Å². The Morgan fingerprint density at radius 2 is 1.67 bits per heavy atom. The number of carbonyl (C=O) groups excluding carboxylic acids is 3. The van der Waals surface area contributed by atoms with E-state index in [0.717, 1.165) is 35.9 Å². The van der Waals surface area contributed by atoms with Crippen LogP contribution in [-0.2, 0) is 25.7 Å². The van der Waals surface area contributed by atoms with Gasteiger partial charge in [-0.25, -0.2) is 4.79 Å². The lowest BCUT2D eigenvalue weighted by Crippen LogP contribution is -2.50. The molecule has 1 aromatic rings. The minimum absolute atomic E-state index is 0.0901. The molecule has 0 saturated carbocycles. The summed E-state index contributed by atoms with van der Waals surface area (Å²) in [5, 5.41) is 1.32. The van der Waals surface area contributed by atoms with Crippen molar-refractivity contribution in [1.82, 2.24) is 14.9 Å². The number of anilines is 1. The van der Waals surface area contributed by atoms with Crippen LogP contribution in [0.4, 0.5) is 10.5 Å². The molecule has 10 heteroatoms. The van der Waals surface area contributed by atoms with Gasteiger partial charge in [0.05, 0.1) is 23.9 Å². The number of imide groups is 1. The summed E-state index contributed by atoms with van der Waals surface area (Å²) in [6.07, 6.45) is -0.476. The molecular weight excluding hydrogens is 412 g/mol. The molecule has 0 spiro atoms. The third-order valence-corrected chi connectivity index (χ3v) is 5.88. The number of halogens is 1. The van der Waals surface area contributed by atoms with Crippen molar-refractivity contribution in [1.29, 1.82) is 0 Å². The van der Waals surface area contributed by atoms with E-state index >= 15 is 0 Å². The Labute approximate surface area is 180 Å². The second kappa shape index (κ2) is 9.20. The number of hydroxylamine groups is 2. The van der Waals surface area contributed by atoms with Gasteiger partial charge < -0.3 is 19.4 Å². The van der Waals surface area contributed by atoms with Crippen LogP contribution < -0.4 is 4.90 Å². The average Bonchev–Trinajstić information content (AvgIpc) is 3.07. The number of ether oxygens (including phenoxy) is 1. The Bertz CT molecular complexity index is 805. The minimum Gasteiger partial charge on any atom is -0.378 e. The number of benzene rings is 1. The summed E-state index contributed by atoms with van der Waals surface area (Å²) >= 11 is 6.52. The molecule has 0 aromatic heterocycles. The molecule has 3 aliphatic rings. The van der Waals surface area contributed by atoms with Crippen LogP contribution in [-0.4, -0.2) is 85.3 Å². The largest absolute Gasteiger partial charge is 0.434 e. The van der Waals surface area contributed by atoms with Crippen molar-refractivity contribution in [2.24, 2.45) is 0 Å². The molecule has 3 aliphatic heterocycles. The zero-order valence-electron chi connectivity index (χ0n) is 16.7. The highest BCUT2D eigenvalue weighted by Gasteiger charge is 2.34. The SMILES string of the molecule is O=C(ON1C(=O)CCC1=O)N1CCN(Cc2ccc(N3CCOCC3)c(Cl)c2)CC1. The van der Waals surface area contributed by atoms with E-state index in [9.17, 15) is 14.4 Å². The van der Waals surface area contributed by atoms with Crippen LogP contribution in [0.3, 0.4) is 0 Å². The summed E-state index contributed by atoms with van der Waals surface area (Å²) in [5.74, 6) is -0.936. The van der Waals surface area contributed by atoms with Gasteiger partial charge in [0.15, 0.2) is 0 Å². The summed E-state index contributed by atoms with van der Waals surface area (Å²) in [6, 6.07) is 6.14. The normalized spacial score (nSPS) is 20.8. The van der Waals surface area contributed by atoms with Crippen LogP contribution in [0.2, 0.25) is 5.02 Å². The van der Waals surface area contributed by atoms with E-state index in [2.05, 4.69) is 21.9 Å². The third-order valence-electron chi connectivity index (χ3n) is 5.58. The van der Waals surface area contributed by atoms with E-state index < -0.39 is 17.9 Å². The lowest BCUT2D eigenvalue weighted by molar-refractivity contribution is -0.174. The van der Waals surface area contributed by atoms with E-state index in [1.165, 1.54) is 4.90 Å². The maximum atomic E-state index is 12.3. The zero-order chi connectivity index (χ0) is 21.1. The molecule has 0 aliphatic carbocycles. The lowest BCUT2D eigenvalue weighted by Gasteiger charge is -2.34. The second-order valence-electron chi connectivity index (χ2n) is 7.59. The van der Waals surface area contributed by atoms with Gasteiger partial charge >= 0.3 is 6.09 Å². The van der Waals surface area contributed by atoms with E-state index in [1.54, 1.807) is 0 Å². The van der Waals surface area contributed by atoms with Crippen molar-refractivity contribution in [3.05, 3.63) is 28.8 Å². The fourth-order valence-corrected chi connectivity index (χ4v) is 4.17. The number of amides is 3. The van der Waals surface area contributed by atoms with Crippen molar-refractivity contribution in [2.75, 3.05) is 57.4 Å². The molecule has 1 aromatic carbocycles. The van der Waals surface area contributed by atoms with Crippen LogP contribution in [0.5, 0.6) is 0 Å². The first-order valence-corrected chi connectivity index (χ1v) is 10.6. The van der Waals surface area contributed by atoms with Gasteiger partial charge in [-0.05, 0) is 17.7 Å². The Morgan fingerprint density at radius 1 is 1.00 bits per heavy atom. The molecule has 0 atom stereocenters. The molecule has 3 fully saturated rings. The standard InChI is InChI=1S/C20H25ClN4O5/c21-16-13-15(1-2-17(16)23-9-11-29-12-10-23)14-22-5-7-24(8-6-22)20(28)30-25-18(26)3-4-19(25)27/h1-2,13H,3-12,14H2. The molecule has 0 bridgehead atoms. The van der Waals surface area contributed by atoms with Crippen molar-refractivity contribution in [3.63, 3.8) is 0 Å². The number of rotatable bonds is 4. The van der Waals surface area contributed by atoms with Gasteiger partial charge in [0.2, 0.25) is 0 Å². The predicted molar refractivity (Wildman–Crippen MR) is 109 cm³/mol. The van der Waals surface area contributed by atoms with E-state index in [4.69, 9.17) is 21.2 Å². The number of hydrogen-bond acceptors (Lipinski definition) is 7. The third kappa shape index (κ3) is 4.69. The molecule has 3 saturated heterocycles. The topological polar surface area (TPSA) is 82.6 Å². The van der Waals surface area contributed by atoms with Gasteiger partial charge in [0.25, 0.3) is 11.8 Å². The monoisotopic (exact) mass is 436 g/mol. The lowest BCUT2D eigenvalue weighted by atomic mass is 10.1. The second-order valence-corrected chi connectivity index (χ2v) is 7.99. The maximum Gasteiger partial charge on any atom is 0.434 e. The van der Waals surface area contributed by atoms with Gasteiger partial charge in [0.1, 0.15) is 0 Å². The van der Waals surface area contributed by atoms with Crippen LogP contribution in [0.15, 0.2) is 18.2 Å². The Kier molecular flexibility index (Phi) is 6.40. The minimum atomic E-state index is -0.656. The van der Waals surface area contributed by atoms with E-state index in [1.807, 2.05) is 6.07 Å². The number of carbonyl (C=O) groups is 3. The molecule has 4 rings (SSSR count). The van der Waals surface area contributed by atoms with Crippen molar-refractivity contribution >= 4 is 35.2 Å². The van der Waals surface area contributed by atoms with Crippen molar-refractivity contribution in [3.8, 4) is 0 Å². The van der Waals surface area contributed by atoms with Gasteiger partial charge in [0, 0.05) is 58.7 Å². The highest BCUT2D eigenvalue weighted by molar-refractivity contribution is 6.33. The molecule has 0 N–H and O–H groups in total. The first-order valence-electron chi connectivity index (χ1n) is 10.2. The number of nitrogens with zero attached hydrogens (tertiary/aromatic N) is 4. The van der Waals surface area contributed by atoms with E-state index in [-0.39, 0.29) is 12.8 Å². The molecule has 3 heterocycles. The number of hydrogen-bond donors (Lipinski definition) is 0. The molecular formula is C20H25ClN4O5. The van der Waals surface area contributed by atoms with E-state index in [0.29, 0.717) is 44.5 Å². The highest BCUT2D eigenvalue weighted by atomic mass is 35.5. The number of piperazine rings is 1. The Balaban J connectivity index is 1.27. The smallest absolute Gasteiger partial charge is 0.378 e. The van der Waals surface area contributed by atoms with Crippen LogP contribution in [0.1, 0.15) is 18.4 Å². The first kappa shape index (κ1) is 20.9. The predicted octanol–water partition coefficient (Wildman–Crippen LogP) is 1.49. The van der Waals surface area contributed by atoms with Crippen molar-refractivity contribution in [2.45, 2.75) is 19.4 Å². The first-order chi connectivity index (χ1) is 14.5. The van der Waals surface area contributed by atoms with Gasteiger partial charge in [-0.1, -0.05) is 17.7 Å². The molecule has 9 nitrogen and oxygen atoms in total. The van der Waals surface area contributed by atoms with Crippen LogP contribution >= 0.6 is 11.6 Å². The summed E-state index contributed by atoms with van der Waals surface area (Å²) in [6.45, 7) is 6.10. The summed E-state index contributed by atoms with van der Waals surface area (Å²) in [5.41, 5.74) is 2.14. The average molecular weight is 437 g/mol. The molecule has 0 radical (unpaired) electrons. The Hall–Kier alpha value is -2.36. The van der Waals surface area contributed by atoms with Crippen molar-refractivity contribution < 1.29 is 24.0 Å². The zero-order valence-corrected chi connectivity index (χ0v) is 17.5. The summed E-state index contributed by atoms with van der Waals surface area (Å²) in [4.78, 5) is 46.4. The molecule has 30 heavy (non-hydrogen) atoms. The highest BCUT2D eigenvalue weighted by Crippen LogP contribution is 2.28. The quantitative estimate of drug-likeness (QED) is 0.661. The fraction of sp³-hybridized carbons (Fsp3) is 0.550. The fourth-order valence-electron chi connectivity index (χ4n) is 3.85. The van der Waals surface area contributed by atoms with Crippen LogP contribution in [0, 0.1) is 0 Å². The number of morpholine rings is 1. The Morgan fingerprint density at radius 3 is 2.30 bits per heavy atom. The van der Waals surface area contributed by atoms with Gasteiger partial charge in [-0.15, -0.1) is 5.06 Å². The molecule has 3 amide bonds. The van der Waals surface area contributed by atoms with Gasteiger partial charge in [-0.2, -0.15) is 0 Å². The summed E-state index contributed by atoms with van der Waals surface area (Å²) < 4.78 is 5.39. The molecule has 162 valence electrons.